The van der Waals surface area contributed by atoms with Gasteiger partial charge in [0.1, 0.15) is 0 Å². The first-order chi connectivity index (χ1) is 9.95. The second-order valence-corrected chi connectivity index (χ2v) is 4.32. The van der Waals surface area contributed by atoms with Gasteiger partial charge < -0.3 is 2.85 Å². The zero-order chi connectivity index (χ0) is 14.2. The van der Waals surface area contributed by atoms with Crippen LogP contribution in [0.25, 0.3) is 21.5 Å². The number of hydrogen-bond donors (Lipinski definition) is 0. The van der Waals surface area contributed by atoms with E-state index in [1.54, 1.807) is 0 Å². The quantitative estimate of drug-likeness (QED) is 0.343. The van der Waals surface area contributed by atoms with Gasteiger partial charge in [-0.3, -0.25) is 6.08 Å². The summed E-state index contributed by atoms with van der Waals surface area (Å²) in [6.07, 6.45) is 10.0. The molecule has 20 heavy (non-hydrogen) atoms. The zero-order valence-electron chi connectivity index (χ0n) is 13.3. The summed E-state index contributed by atoms with van der Waals surface area (Å²) in [5.41, 5.74) is 0. The molecule has 0 amide bonds. The molecule has 3 aromatic carbocycles. The zero-order valence-corrected chi connectivity index (χ0v) is 14.9. The van der Waals surface area contributed by atoms with Crippen LogP contribution in [-0.4, -0.2) is 4.26 Å². The molecule has 0 heterocycles. The minimum atomic E-state index is 0. The molecule has 0 saturated heterocycles. The van der Waals surface area contributed by atoms with Gasteiger partial charge in [-0.2, -0.15) is 6.08 Å². The van der Waals surface area contributed by atoms with E-state index < -0.39 is 0 Å². The molecule has 100 valence electrons. The molecule has 0 atom stereocenters. The van der Waals surface area contributed by atoms with E-state index in [2.05, 4.69) is 71.0 Å². The monoisotopic (exact) mass is 426 g/mol. The van der Waals surface area contributed by atoms with Gasteiger partial charge in [0.2, 0.25) is 0 Å². The van der Waals surface area contributed by atoms with E-state index in [9.17, 15) is 0 Å². The minimum Gasteiger partial charge on any atom is -1.00 e. The fourth-order valence-corrected chi connectivity index (χ4v) is 2.24. The molecule has 4 rings (SSSR count). The molecule has 0 bridgehead atoms. The molecule has 0 aliphatic heterocycles. The van der Waals surface area contributed by atoms with E-state index in [1.807, 2.05) is 12.2 Å². The summed E-state index contributed by atoms with van der Waals surface area (Å²) in [6.45, 7) is 0. The Balaban J connectivity index is 0.000000422. The van der Waals surface area contributed by atoms with Crippen molar-refractivity contribution in [1.82, 2.24) is 0 Å². The molecule has 0 N–H and O–H groups in total. The largest absolute Gasteiger partial charge is 1.00 e. The summed E-state index contributed by atoms with van der Waals surface area (Å²) >= 11 is 1.06. The smallest absolute Gasteiger partial charge is 0.0771 e. The van der Waals surface area contributed by atoms with Gasteiger partial charge in [-0.05, 0) is 0 Å². The van der Waals surface area contributed by atoms with Crippen LogP contribution >= 0.6 is 0 Å². The van der Waals surface area contributed by atoms with Crippen molar-refractivity contribution in [1.29, 1.82) is 0 Å². The maximum Gasteiger partial charge on any atom is -0.0771 e. The molecule has 0 unspecified atom stereocenters. The SMILES string of the molecule is [C-]1=CC=CC1.[CH2]=[Hf+2].[H-].[H-].c1ccc2c(c1)[cH-]c1ccccc12. The first-order valence-electron chi connectivity index (χ1n) is 6.55. The fourth-order valence-electron chi connectivity index (χ4n) is 2.24. The Morgan fingerprint density at radius 2 is 1.50 bits per heavy atom. The molecule has 0 nitrogen and oxygen atoms in total. The van der Waals surface area contributed by atoms with E-state index in [0.29, 0.717) is 0 Å². The number of hydrogen-bond acceptors (Lipinski definition) is 0. The van der Waals surface area contributed by atoms with Gasteiger partial charge in [0.15, 0.2) is 0 Å². The second-order valence-electron chi connectivity index (χ2n) is 4.32. The van der Waals surface area contributed by atoms with Crippen LogP contribution in [0.2, 0.25) is 0 Å². The molecule has 1 heteroatoms. The molecule has 1 aliphatic carbocycles. The van der Waals surface area contributed by atoms with E-state index >= 15 is 0 Å². The van der Waals surface area contributed by atoms with Crippen molar-refractivity contribution >= 4 is 25.8 Å². The topological polar surface area (TPSA) is 0 Å². The van der Waals surface area contributed by atoms with Crippen LogP contribution in [0.1, 0.15) is 9.27 Å². The molecule has 0 spiro atoms. The fraction of sp³-hybridized carbons (Fsp3) is 0.0526. The number of fused-ring (bicyclic) bond motifs is 3. The second kappa shape index (κ2) is 7.96. The Hall–Kier alpha value is -1.47. The first kappa shape index (κ1) is 14.9. The standard InChI is InChI=1S/C13H9.C5H5.CH2.Hf.2H/c1-3-7-12-10(5-1)9-11-6-2-4-8-13(11)12;1-2-4-5-3-1;;;;/h1-9H;1-3H,4H2;1H2;;;/q2*-1;;+2;2*-1. The number of benzene rings is 2. The van der Waals surface area contributed by atoms with Crippen LogP contribution in [0.15, 0.2) is 72.8 Å². The summed E-state index contributed by atoms with van der Waals surface area (Å²) in [5, 5.41) is 5.39. The minimum absolute atomic E-state index is 0. The van der Waals surface area contributed by atoms with Gasteiger partial charge in [0.05, 0.1) is 0 Å². The maximum absolute atomic E-state index is 3.39. The van der Waals surface area contributed by atoms with Crippen molar-refractivity contribution in [3.63, 3.8) is 0 Å². The molecule has 0 aromatic heterocycles. The van der Waals surface area contributed by atoms with Crippen LogP contribution in [0, 0.1) is 6.08 Å². The van der Waals surface area contributed by atoms with Crippen molar-refractivity contribution in [2.24, 2.45) is 0 Å². The summed E-state index contributed by atoms with van der Waals surface area (Å²) in [7, 11) is 0. The van der Waals surface area contributed by atoms with E-state index in [0.717, 1.165) is 30.3 Å². The van der Waals surface area contributed by atoms with Gasteiger partial charge in [0.25, 0.3) is 0 Å². The van der Waals surface area contributed by atoms with Crippen LogP contribution in [0.3, 0.4) is 0 Å². The van der Waals surface area contributed by atoms with Crippen LogP contribution in [-0.2, 0) is 23.9 Å². The summed E-state index contributed by atoms with van der Waals surface area (Å²) in [4.78, 5) is 0. The molecule has 3 aromatic rings. The number of rotatable bonds is 0. The van der Waals surface area contributed by atoms with Crippen molar-refractivity contribution in [2.75, 3.05) is 0 Å². The predicted octanol–water partition coefficient (Wildman–Crippen LogP) is 5.21. The van der Waals surface area contributed by atoms with Gasteiger partial charge in [-0.1, -0.05) is 36.4 Å². The normalized spacial score (nSPS) is 11.9. The average Bonchev–Trinajstić information content (AvgIpc) is 3.20. The maximum atomic E-state index is 3.39. The van der Waals surface area contributed by atoms with Gasteiger partial charge in [0, 0.05) is 0 Å². The first-order valence-corrected chi connectivity index (χ1v) is 9.09. The van der Waals surface area contributed by atoms with Crippen molar-refractivity contribution < 1.29 is 26.7 Å². The molecule has 0 fully saturated rings. The molecule has 0 radical (unpaired) electrons. The molecular weight excluding hydrogens is 407 g/mol. The van der Waals surface area contributed by atoms with Gasteiger partial charge in [-0.25, -0.2) is 12.2 Å². The van der Waals surface area contributed by atoms with Crippen molar-refractivity contribution in [3.05, 3.63) is 78.9 Å². The van der Waals surface area contributed by atoms with Gasteiger partial charge >= 0.3 is 28.2 Å². The molecular formula is C19H18Hf-2. The Kier molecular flexibility index (Phi) is 5.94. The Labute approximate surface area is 137 Å². The Morgan fingerprint density at radius 1 is 0.950 bits per heavy atom. The summed E-state index contributed by atoms with van der Waals surface area (Å²) in [6, 6.07) is 19.3. The summed E-state index contributed by atoms with van der Waals surface area (Å²) < 4.78 is 3.39. The van der Waals surface area contributed by atoms with E-state index in [1.165, 1.54) is 21.5 Å². The van der Waals surface area contributed by atoms with Gasteiger partial charge in [-0.15, -0.1) is 46.2 Å². The van der Waals surface area contributed by atoms with Crippen molar-refractivity contribution in [3.8, 4) is 0 Å². The van der Waals surface area contributed by atoms with Crippen LogP contribution in [0.4, 0.5) is 0 Å². The van der Waals surface area contributed by atoms with Crippen LogP contribution in [0.5, 0.6) is 0 Å². The third-order valence-electron chi connectivity index (χ3n) is 3.11. The van der Waals surface area contributed by atoms with E-state index in [-0.39, 0.29) is 2.85 Å². The average molecular weight is 425 g/mol. The Morgan fingerprint density at radius 3 is 1.90 bits per heavy atom. The molecule has 0 saturated carbocycles. The van der Waals surface area contributed by atoms with Crippen molar-refractivity contribution in [2.45, 2.75) is 6.42 Å². The Bertz CT molecular complexity index is 681. The predicted molar refractivity (Wildman–Crippen MR) is 88.0 cm³/mol. The third kappa shape index (κ3) is 3.55. The molecule has 1 aliphatic rings. The van der Waals surface area contributed by atoms with E-state index in [4.69, 9.17) is 0 Å². The summed E-state index contributed by atoms with van der Waals surface area (Å²) in [5.74, 6) is 0. The number of allylic oxidation sites excluding steroid dienone is 4. The third-order valence-corrected chi connectivity index (χ3v) is 3.11. The van der Waals surface area contributed by atoms with Crippen LogP contribution < -0.4 is 0 Å².